The quantitative estimate of drug-likeness (QED) is 0.607. The molecule has 0 bridgehead atoms. The molecule has 0 aliphatic heterocycles. The Labute approximate surface area is 153 Å². The Hall–Kier alpha value is -2.75. The largest absolute Gasteiger partial charge is 0.491 e. The van der Waals surface area contributed by atoms with Crippen molar-refractivity contribution in [2.45, 2.75) is 46.1 Å². The van der Waals surface area contributed by atoms with Gasteiger partial charge in [0, 0.05) is 6.07 Å². The van der Waals surface area contributed by atoms with E-state index in [1.54, 1.807) is 18.2 Å². The molecule has 3 aromatic rings. The molecule has 0 aliphatic carbocycles. The van der Waals surface area contributed by atoms with Crippen LogP contribution in [0.5, 0.6) is 17.2 Å². The Morgan fingerprint density at radius 1 is 0.962 bits per heavy atom. The zero-order chi connectivity index (χ0) is 18.9. The van der Waals surface area contributed by atoms with Crippen LogP contribution in [-0.4, -0.2) is 6.10 Å². The van der Waals surface area contributed by atoms with Gasteiger partial charge in [0.25, 0.3) is 0 Å². The summed E-state index contributed by atoms with van der Waals surface area (Å²) in [7, 11) is 0. The fraction of sp³-hybridized carbons (Fsp3) is 0.318. The minimum atomic E-state index is -0.206. The van der Waals surface area contributed by atoms with Crippen LogP contribution in [-0.2, 0) is 5.41 Å². The third kappa shape index (κ3) is 3.90. The zero-order valence-corrected chi connectivity index (χ0v) is 15.8. The van der Waals surface area contributed by atoms with Gasteiger partial charge in [-0.1, -0.05) is 32.9 Å². The summed E-state index contributed by atoms with van der Waals surface area (Å²) < 4.78 is 17.0. The fourth-order valence-corrected chi connectivity index (χ4v) is 2.66. The molecule has 0 amide bonds. The molecular formula is C22H24O4. The van der Waals surface area contributed by atoms with E-state index in [4.69, 9.17) is 13.9 Å². The molecule has 3 rings (SSSR count). The maximum atomic E-state index is 12.7. The van der Waals surface area contributed by atoms with Crippen molar-refractivity contribution in [3.63, 3.8) is 0 Å². The second kappa shape index (κ2) is 6.87. The van der Waals surface area contributed by atoms with Gasteiger partial charge in [0.2, 0.25) is 11.2 Å². The van der Waals surface area contributed by atoms with E-state index in [9.17, 15) is 4.79 Å². The molecule has 136 valence electrons. The summed E-state index contributed by atoms with van der Waals surface area (Å²) in [5.74, 6) is 1.44. The third-order valence-corrected chi connectivity index (χ3v) is 4.03. The maximum Gasteiger partial charge on any atom is 0.235 e. The smallest absolute Gasteiger partial charge is 0.235 e. The van der Waals surface area contributed by atoms with E-state index in [-0.39, 0.29) is 22.7 Å². The van der Waals surface area contributed by atoms with Gasteiger partial charge in [-0.3, -0.25) is 4.79 Å². The number of hydrogen-bond acceptors (Lipinski definition) is 4. The van der Waals surface area contributed by atoms with E-state index in [0.717, 1.165) is 0 Å². The molecule has 0 fully saturated rings. The number of benzene rings is 2. The Balaban J connectivity index is 1.89. The van der Waals surface area contributed by atoms with Crippen LogP contribution in [0.4, 0.5) is 0 Å². The van der Waals surface area contributed by atoms with Gasteiger partial charge < -0.3 is 13.9 Å². The molecule has 2 aromatic carbocycles. The molecule has 1 aromatic heterocycles. The summed E-state index contributed by atoms with van der Waals surface area (Å²) in [4.78, 5) is 12.7. The van der Waals surface area contributed by atoms with Crippen molar-refractivity contribution in [1.82, 2.24) is 0 Å². The van der Waals surface area contributed by atoms with Crippen LogP contribution in [0, 0.1) is 0 Å². The fourth-order valence-electron chi connectivity index (χ4n) is 2.66. The van der Waals surface area contributed by atoms with E-state index < -0.39 is 0 Å². The first-order valence-electron chi connectivity index (χ1n) is 8.74. The topological polar surface area (TPSA) is 48.7 Å². The zero-order valence-electron chi connectivity index (χ0n) is 15.8. The second-order valence-corrected chi connectivity index (χ2v) is 7.63. The normalized spacial score (nSPS) is 11.8. The van der Waals surface area contributed by atoms with Crippen molar-refractivity contribution < 1.29 is 13.9 Å². The summed E-state index contributed by atoms with van der Waals surface area (Å²) in [5.41, 5.74) is 1.54. The van der Waals surface area contributed by atoms with Crippen molar-refractivity contribution in [2.24, 2.45) is 0 Å². The molecule has 0 aliphatic rings. The van der Waals surface area contributed by atoms with Gasteiger partial charge in [0.15, 0.2) is 0 Å². The standard InChI is InChI=1S/C22H24O4/c1-14(2)25-17-10-11-18-19(12-17)24-13-20(21(18)23)26-16-8-6-15(7-9-16)22(3,4)5/h6-14H,1-5H3. The van der Waals surface area contributed by atoms with E-state index >= 15 is 0 Å². The molecule has 4 nitrogen and oxygen atoms in total. The SMILES string of the molecule is CC(C)Oc1ccc2c(=O)c(Oc3ccc(C(C)(C)C)cc3)coc2c1. The van der Waals surface area contributed by atoms with E-state index in [0.29, 0.717) is 22.5 Å². The summed E-state index contributed by atoms with van der Waals surface area (Å²) in [5, 5.41) is 0.463. The van der Waals surface area contributed by atoms with Gasteiger partial charge in [-0.05, 0) is 49.1 Å². The number of fused-ring (bicyclic) bond motifs is 1. The monoisotopic (exact) mass is 352 g/mol. The molecule has 0 spiro atoms. The molecular weight excluding hydrogens is 328 g/mol. The molecule has 0 saturated carbocycles. The predicted octanol–water partition coefficient (Wildman–Crippen LogP) is 5.67. The van der Waals surface area contributed by atoms with Crippen LogP contribution in [0.3, 0.4) is 0 Å². The number of rotatable bonds is 4. The highest BCUT2D eigenvalue weighted by molar-refractivity contribution is 5.79. The molecule has 0 N–H and O–H groups in total. The highest BCUT2D eigenvalue weighted by Gasteiger charge is 2.14. The summed E-state index contributed by atoms with van der Waals surface area (Å²) in [6.07, 6.45) is 1.40. The van der Waals surface area contributed by atoms with Gasteiger partial charge >= 0.3 is 0 Å². The molecule has 0 radical (unpaired) electrons. The van der Waals surface area contributed by atoms with Crippen molar-refractivity contribution in [1.29, 1.82) is 0 Å². The molecule has 0 unspecified atom stereocenters. The van der Waals surface area contributed by atoms with Crippen LogP contribution in [0.2, 0.25) is 0 Å². The van der Waals surface area contributed by atoms with E-state index in [1.807, 2.05) is 38.1 Å². The van der Waals surface area contributed by atoms with Crippen LogP contribution < -0.4 is 14.9 Å². The van der Waals surface area contributed by atoms with Gasteiger partial charge in [-0.2, -0.15) is 0 Å². The summed E-state index contributed by atoms with van der Waals surface area (Å²) in [6, 6.07) is 12.9. The van der Waals surface area contributed by atoms with Gasteiger partial charge in [-0.15, -0.1) is 0 Å². The summed E-state index contributed by atoms with van der Waals surface area (Å²) >= 11 is 0. The lowest BCUT2D eigenvalue weighted by Gasteiger charge is -2.19. The van der Waals surface area contributed by atoms with Crippen LogP contribution in [0.15, 0.2) is 57.9 Å². The molecule has 0 atom stereocenters. The minimum Gasteiger partial charge on any atom is -0.491 e. The van der Waals surface area contributed by atoms with Gasteiger partial charge in [-0.25, -0.2) is 0 Å². The van der Waals surface area contributed by atoms with Gasteiger partial charge in [0.1, 0.15) is 23.3 Å². The first kappa shape index (κ1) is 18.1. The molecule has 4 heteroatoms. The molecule has 0 saturated heterocycles. The van der Waals surface area contributed by atoms with Crippen molar-refractivity contribution in [2.75, 3.05) is 0 Å². The highest BCUT2D eigenvalue weighted by atomic mass is 16.5. The van der Waals surface area contributed by atoms with Crippen molar-refractivity contribution >= 4 is 11.0 Å². The number of hydrogen-bond donors (Lipinski definition) is 0. The lowest BCUT2D eigenvalue weighted by atomic mass is 9.87. The Kier molecular flexibility index (Phi) is 4.77. The van der Waals surface area contributed by atoms with Crippen molar-refractivity contribution in [3.8, 4) is 17.2 Å². The molecule has 1 heterocycles. The van der Waals surface area contributed by atoms with Crippen LogP contribution in [0.25, 0.3) is 11.0 Å². The lowest BCUT2D eigenvalue weighted by Crippen LogP contribution is -2.10. The molecule has 26 heavy (non-hydrogen) atoms. The summed E-state index contributed by atoms with van der Waals surface area (Å²) in [6.45, 7) is 10.3. The van der Waals surface area contributed by atoms with E-state index in [1.165, 1.54) is 11.8 Å². The highest BCUT2D eigenvalue weighted by Crippen LogP contribution is 2.27. The maximum absolute atomic E-state index is 12.7. The van der Waals surface area contributed by atoms with E-state index in [2.05, 4.69) is 20.8 Å². The third-order valence-electron chi connectivity index (χ3n) is 4.03. The Morgan fingerprint density at radius 3 is 2.23 bits per heavy atom. The first-order chi connectivity index (χ1) is 12.2. The van der Waals surface area contributed by atoms with Gasteiger partial charge in [0.05, 0.1) is 11.5 Å². The Morgan fingerprint density at radius 2 is 1.62 bits per heavy atom. The van der Waals surface area contributed by atoms with Crippen molar-refractivity contribution in [3.05, 3.63) is 64.5 Å². The average Bonchev–Trinajstić information content (AvgIpc) is 2.56. The second-order valence-electron chi connectivity index (χ2n) is 7.63. The minimum absolute atomic E-state index is 0.0536. The average molecular weight is 352 g/mol. The van der Waals surface area contributed by atoms with Crippen LogP contribution in [0.1, 0.15) is 40.2 Å². The predicted molar refractivity (Wildman–Crippen MR) is 103 cm³/mol. The Bertz CT molecular complexity index is 960. The van der Waals surface area contributed by atoms with Crippen LogP contribution >= 0.6 is 0 Å². The first-order valence-corrected chi connectivity index (χ1v) is 8.74. The number of ether oxygens (including phenoxy) is 2. The lowest BCUT2D eigenvalue weighted by molar-refractivity contribution is 0.242.